The van der Waals surface area contributed by atoms with Gasteiger partial charge in [-0.15, -0.1) is 0 Å². The number of hydrogen-bond acceptors (Lipinski definition) is 4. The van der Waals surface area contributed by atoms with Crippen LogP contribution in [0, 0.1) is 0 Å². The van der Waals surface area contributed by atoms with Crippen LogP contribution in [0.15, 0.2) is 18.3 Å². The molecular formula is C13H19N3O2. The minimum absolute atomic E-state index is 0.0413. The lowest BCUT2D eigenvalue weighted by Crippen LogP contribution is -2.36. The predicted octanol–water partition coefficient (Wildman–Crippen LogP) is 0.850. The number of carbonyl (C=O) groups is 1. The molecule has 0 unspecified atom stereocenters. The van der Waals surface area contributed by atoms with Gasteiger partial charge in [0.05, 0.1) is 30.2 Å². The van der Waals surface area contributed by atoms with Gasteiger partial charge in [0.25, 0.3) is 0 Å². The lowest BCUT2D eigenvalue weighted by molar-refractivity contribution is -0.119. The summed E-state index contributed by atoms with van der Waals surface area (Å²) in [7, 11) is 1.85. The quantitative estimate of drug-likeness (QED) is 0.812. The molecule has 2 N–H and O–H groups in total. The van der Waals surface area contributed by atoms with Crippen LogP contribution in [0.4, 0.5) is 5.69 Å². The maximum atomic E-state index is 11.6. The molecule has 18 heavy (non-hydrogen) atoms. The third kappa shape index (κ3) is 3.43. The molecule has 5 nitrogen and oxygen atoms in total. The van der Waals surface area contributed by atoms with Gasteiger partial charge in [0.1, 0.15) is 0 Å². The van der Waals surface area contributed by atoms with E-state index >= 15 is 0 Å². The number of aliphatic hydroxyl groups excluding tert-OH is 1. The second-order valence-electron chi connectivity index (χ2n) is 4.82. The Labute approximate surface area is 107 Å². The van der Waals surface area contributed by atoms with Crippen LogP contribution in [0.3, 0.4) is 0 Å². The van der Waals surface area contributed by atoms with Gasteiger partial charge >= 0.3 is 0 Å². The van der Waals surface area contributed by atoms with Crippen molar-refractivity contribution < 1.29 is 9.90 Å². The summed E-state index contributed by atoms with van der Waals surface area (Å²) in [5.41, 5.74) is 1.50. The molecule has 1 aromatic rings. The van der Waals surface area contributed by atoms with Gasteiger partial charge in [0.15, 0.2) is 0 Å². The summed E-state index contributed by atoms with van der Waals surface area (Å²) >= 11 is 0. The average Bonchev–Trinajstić information content (AvgIpc) is 3.12. The van der Waals surface area contributed by atoms with E-state index < -0.39 is 6.10 Å². The first kappa shape index (κ1) is 12.8. The van der Waals surface area contributed by atoms with E-state index in [-0.39, 0.29) is 5.91 Å². The Morgan fingerprint density at radius 1 is 1.61 bits per heavy atom. The SMILES string of the molecule is C[C@H](O)c1ccc(N(C)CC(=O)NC2CC2)cn1. The third-order valence-electron chi connectivity index (χ3n) is 2.96. The first-order valence-electron chi connectivity index (χ1n) is 6.21. The smallest absolute Gasteiger partial charge is 0.239 e. The van der Waals surface area contributed by atoms with E-state index in [0.717, 1.165) is 18.5 Å². The topological polar surface area (TPSA) is 65.5 Å². The largest absolute Gasteiger partial charge is 0.387 e. The van der Waals surface area contributed by atoms with Crippen LogP contribution >= 0.6 is 0 Å². The van der Waals surface area contributed by atoms with Gasteiger partial charge < -0.3 is 15.3 Å². The maximum Gasteiger partial charge on any atom is 0.239 e. The van der Waals surface area contributed by atoms with E-state index in [1.807, 2.05) is 18.0 Å². The molecule has 0 bridgehead atoms. The number of pyridine rings is 1. The molecule has 0 aromatic carbocycles. The number of amides is 1. The van der Waals surface area contributed by atoms with Crippen molar-refractivity contribution in [2.24, 2.45) is 0 Å². The van der Waals surface area contributed by atoms with Gasteiger partial charge in [-0.25, -0.2) is 0 Å². The van der Waals surface area contributed by atoms with E-state index in [1.165, 1.54) is 0 Å². The summed E-state index contributed by atoms with van der Waals surface area (Å²) in [5, 5.41) is 12.3. The molecule has 5 heteroatoms. The van der Waals surface area contributed by atoms with Crippen molar-refractivity contribution in [3.63, 3.8) is 0 Å². The Hall–Kier alpha value is -1.62. The number of anilines is 1. The fraction of sp³-hybridized carbons (Fsp3) is 0.538. The summed E-state index contributed by atoms with van der Waals surface area (Å²) in [6.07, 6.45) is 3.30. The highest BCUT2D eigenvalue weighted by molar-refractivity contribution is 5.81. The predicted molar refractivity (Wildman–Crippen MR) is 69.3 cm³/mol. The van der Waals surface area contributed by atoms with Crippen molar-refractivity contribution >= 4 is 11.6 Å². The zero-order chi connectivity index (χ0) is 13.1. The monoisotopic (exact) mass is 249 g/mol. The van der Waals surface area contributed by atoms with Gasteiger partial charge in [0.2, 0.25) is 5.91 Å². The molecule has 98 valence electrons. The second kappa shape index (κ2) is 5.35. The summed E-state index contributed by atoms with van der Waals surface area (Å²) in [5.74, 6) is 0.0413. The lowest BCUT2D eigenvalue weighted by atomic mass is 10.2. The van der Waals surface area contributed by atoms with E-state index in [9.17, 15) is 9.90 Å². The molecule has 1 atom stereocenters. The summed E-state index contributed by atoms with van der Waals surface area (Å²) in [6.45, 7) is 2.00. The van der Waals surface area contributed by atoms with Gasteiger partial charge in [-0.3, -0.25) is 9.78 Å². The molecular weight excluding hydrogens is 230 g/mol. The molecule has 1 saturated carbocycles. The van der Waals surface area contributed by atoms with Gasteiger partial charge in [-0.1, -0.05) is 0 Å². The van der Waals surface area contributed by atoms with Gasteiger partial charge in [0, 0.05) is 13.1 Å². The Bertz CT molecular complexity index is 413. The van der Waals surface area contributed by atoms with Gasteiger partial charge in [-0.2, -0.15) is 0 Å². The summed E-state index contributed by atoms with van der Waals surface area (Å²) in [4.78, 5) is 17.6. The number of aliphatic hydroxyl groups is 1. The zero-order valence-electron chi connectivity index (χ0n) is 10.8. The molecule has 0 aliphatic heterocycles. The molecule has 1 aliphatic carbocycles. The molecule has 1 aliphatic rings. The van der Waals surface area contributed by atoms with Crippen molar-refractivity contribution in [1.29, 1.82) is 0 Å². The van der Waals surface area contributed by atoms with Crippen molar-refractivity contribution in [2.45, 2.75) is 31.9 Å². The van der Waals surface area contributed by atoms with Crippen molar-refractivity contribution in [3.05, 3.63) is 24.0 Å². The van der Waals surface area contributed by atoms with E-state index in [1.54, 1.807) is 19.2 Å². The van der Waals surface area contributed by atoms with Crippen molar-refractivity contribution in [2.75, 3.05) is 18.5 Å². The highest BCUT2D eigenvalue weighted by atomic mass is 16.3. The fourth-order valence-corrected chi connectivity index (χ4v) is 1.68. The number of likely N-dealkylation sites (N-methyl/N-ethyl adjacent to an activating group) is 1. The molecule has 1 fully saturated rings. The lowest BCUT2D eigenvalue weighted by Gasteiger charge is -2.18. The second-order valence-corrected chi connectivity index (χ2v) is 4.82. The number of aromatic nitrogens is 1. The van der Waals surface area contributed by atoms with Crippen LogP contribution in [-0.2, 0) is 4.79 Å². The average molecular weight is 249 g/mol. The number of nitrogens with zero attached hydrogens (tertiary/aromatic N) is 2. The molecule has 1 aromatic heterocycles. The first-order chi connectivity index (χ1) is 8.56. The number of nitrogens with one attached hydrogen (secondary N) is 1. The molecule has 0 spiro atoms. The first-order valence-corrected chi connectivity index (χ1v) is 6.21. The minimum Gasteiger partial charge on any atom is -0.387 e. The summed E-state index contributed by atoms with van der Waals surface area (Å²) < 4.78 is 0. The van der Waals surface area contributed by atoms with E-state index in [4.69, 9.17) is 0 Å². The normalized spacial score (nSPS) is 16.2. The van der Waals surface area contributed by atoms with Crippen LogP contribution in [0.25, 0.3) is 0 Å². The van der Waals surface area contributed by atoms with Crippen LogP contribution in [0.5, 0.6) is 0 Å². The van der Waals surface area contributed by atoms with E-state index in [2.05, 4.69) is 10.3 Å². The number of rotatable bonds is 5. The standard InChI is InChI=1S/C13H19N3O2/c1-9(17)12-6-5-11(7-14-12)16(2)8-13(18)15-10-3-4-10/h5-7,9-10,17H,3-4,8H2,1-2H3,(H,15,18)/t9-/m0/s1. The minimum atomic E-state index is -0.567. The zero-order valence-corrected chi connectivity index (χ0v) is 10.8. The van der Waals surface area contributed by atoms with E-state index in [0.29, 0.717) is 18.3 Å². The van der Waals surface area contributed by atoms with Crippen LogP contribution < -0.4 is 10.2 Å². The molecule has 1 heterocycles. The number of hydrogen-bond donors (Lipinski definition) is 2. The Kier molecular flexibility index (Phi) is 3.81. The molecule has 0 radical (unpaired) electrons. The fourth-order valence-electron chi connectivity index (χ4n) is 1.68. The van der Waals surface area contributed by atoms with Crippen LogP contribution in [0.2, 0.25) is 0 Å². The molecule has 2 rings (SSSR count). The molecule has 1 amide bonds. The maximum absolute atomic E-state index is 11.6. The van der Waals surface area contributed by atoms with Crippen LogP contribution in [-0.4, -0.2) is 35.6 Å². The van der Waals surface area contributed by atoms with Crippen LogP contribution in [0.1, 0.15) is 31.6 Å². The highest BCUT2D eigenvalue weighted by Gasteiger charge is 2.23. The van der Waals surface area contributed by atoms with Crippen molar-refractivity contribution in [3.8, 4) is 0 Å². The Morgan fingerprint density at radius 2 is 2.33 bits per heavy atom. The Balaban J connectivity index is 1.90. The molecule has 0 saturated heterocycles. The number of carbonyl (C=O) groups excluding carboxylic acids is 1. The van der Waals surface area contributed by atoms with Crippen molar-refractivity contribution in [1.82, 2.24) is 10.3 Å². The van der Waals surface area contributed by atoms with Gasteiger partial charge in [-0.05, 0) is 31.9 Å². The third-order valence-corrected chi connectivity index (χ3v) is 2.96. The highest BCUT2D eigenvalue weighted by Crippen LogP contribution is 2.19. The summed E-state index contributed by atoms with van der Waals surface area (Å²) in [6, 6.07) is 4.02. The Morgan fingerprint density at radius 3 is 2.83 bits per heavy atom.